The highest BCUT2D eigenvalue weighted by molar-refractivity contribution is 14.1. The number of ether oxygens (including phenoxy) is 1. The number of amides is 1. The van der Waals surface area contributed by atoms with Crippen molar-refractivity contribution in [1.29, 1.82) is 0 Å². The summed E-state index contributed by atoms with van der Waals surface area (Å²) in [5.41, 5.74) is 0.308. The molecule has 0 heterocycles. The van der Waals surface area contributed by atoms with Crippen molar-refractivity contribution in [2.24, 2.45) is 0 Å². The quantitative estimate of drug-likeness (QED) is 0.347. The molecule has 1 amide bonds. The van der Waals surface area contributed by atoms with Gasteiger partial charge in [-0.05, 0) is 64.6 Å². The summed E-state index contributed by atoms with van der Waals surface area (Å²) in [4.78, 5) is 22.5. The van der Waals surface area contributed by atoms with Crippen LogP contribution in [-0.2, 0) is 0 Å². The molecule has 0 spiro atoms. The van der Waals surface area contributed by atoms with Gasteiger partial charge in [0.2, 0.25) is 0 Å². The van der Waals surface area contributed by atoms with Gasteiger partial charge < -0.3 is 19.8 Å². The molecule has 0 fully saturated rings. The van der Waals surface area contributed by atoms with Crippen molar-refractivity contribution in [2.45, 2.75) is 6.10 Å². The van der Waals surface area contributed by atoms with E-state index in [0.717, 1.165) is 8.47 Å². The van der Waals surface area contributed by atoms with Crippen LogP contribution in [0.1, 0.15) is 11.7 Å². The normalized spacial score (nSPS) is 11.6. The molecule has 0 saturated carbocycles. The predicted molar refractivity (Wildman–Crippen MR) is 102 cm³/mol. The molecule has 0 bridgehead atoms. The van der Waals surface area contributed by atoms with E-state index in [9.17, 15) is 25.1 Å². The molecule has 8 nitrogen and oxygen atoms in total. The van der Waals surface area contributed by atoms with Gasteiger partial charge in [-0.2, -0.15) is 0 Å². The number of carbonyl (C=O) groups is 1. The molecule has 9 heteroatoms. The minimum Gasteiger partial charge on any atom is -0.492 e. The summed E-state index contributed by atoms with van der Waals surface area (Å²) in [5.74, 6) is 0.631. The van der Waals surface area contributed by atoms with Gasteiger partial charge in [-0.1, -0.05) is 0 Å². The van der Waals surface area contributed by atoms with E-state index in [1.165, 1.54) is 24.3 Å². The Morgan fingerprint density at radius 1 is 1.19 bits per heavy atom. The summed E-state index contributed by atoms with van der Waals surface area (Å²) in [6.07, 6.45) is -2.28. The SMILES string of the molecule is O=C(O)N(CCOc1ccc(I)cc1)C[C@H](O)c1ccc([N+](=O)[O-])cc1. The van der Waals surface area contributed by atoms with Crippen LogP contribution in [0.15, 0.2) is 48.5 Å². The van der Waals surface area contributed by atoms with Crippen LogP contribution < -0.4 is 4.74 Å². The first-order valence-electron chi connectivity index (χ1n) is 7.65. The van der Waals surface area contributed by atoms with Crippen molar-refractivity contribution in [3.8, 4) is 5.75 Å². The maximum absolute atomic E-state index is 11.4. The maximum atomic E-state index is 11.4. The second-order valence-electron chi connectivity index (χ2n) is 5.40. The van der Waals surface area contributed by atoms with Gasteiger partial charge in [-0.25, -0.2) is 4.79 Å². The lowest BCUT2D eigenvalue weighted by molar-refractivity contribution is -0.384. The second-order valence-corrected chi connectivity index (χ2v) is 6.64. The molecule has 138 valence electrons. The summed E-state index contributed by atoms with van der Waals surface area (Å²) in [6, 6.07) is 12.7. The molecule has 2 aromatic rings. The monoisotopic (exact) mass is 472 g/mol. The average molecular weight is 472 g/mol. The fourth-order valence-corrected chi connectivity index (χ4v) is 2.56. The molecule has 0 saturated heterocycles. The number of hydrogen-bond acceptors (Lipinski definition) is 5. The molecule has 26 heavy (non-hydrogen) atoms. The van der Waals surface area contributed by atoms with Gasteiger partial charge in [-0.3, -0.25) is 10.1 Å². The van der Waals surface area contributed by atoms with E-state index in [1.807, 2.05) is 12.1 Å². The van der Waals surface area contributed by atoms with Crippen LogP contribution >= 0.6 is 22.6 Å². The summed E-state index contributed by atoms with van der Waals surface area (Å²) in [6.45, 7) is 0.0500. The Balaban J connectivity index is 1.91. The Hall–Kier alpha value is -2.40. The van der Waals surface area contributed by atoms with E-state index in [4.69, 9.17) is 4.74 Å². The average Bonchev–Trinajstić information content (AvgIpc) is 2.62. The molecule has 0 aliphatic rings. The zero-order valence-electron chi connectivity index (χ0n) is 13.6. The van der Waals surface area contributed by atoms with Crippen LogP contribution in [0.3, 0.4) is 0 Å². The van der Waals surface area contributed by atoms with E-state index in [2.05, 4.69) is 22.6 Å². The first kappa shape index (κ1) is 19.9. The van der Waals surface area contributed by atoms with Crippen molar-refractivity contribution < 1.29 is 24.7 Å². The highest BCUT2D eigenvalue weighted by Gasteiger charge is 2.18. The lowest BCUT2D eigenvalue weighted by atomic mass is 10.1. The Morgan fingerprint density at radius 3 is 2.35 bits per heavy atom. The van der Waals surface area contributed by atoms with Crippen LogP contribution in [0.5, 0.6) is 5.75 Å². The molecule has 2 aromatic carbocycles. The van der Waals surface area contributed by atoms with Crippen LogP contribution in [0.2, 0.25) is 0 Å². The molecule has 0 unspecified atom stereocenters. The molecule has 2 rings (SSSR count). The molecular weight excluding hydrogens is 455 g/mol. The second kappa shape index (κ2) is 9.34. The first-order chi connectivity index (χ1) is 12.4. The molecule has 2 N–H and O–H groups in total. The Kier molecular flexibility index (Phi) is 7.16. The van der Waals surface area contributed by atoms with Crippen LogP contribution in [0, 0.1) is 13.7 Å². The minimum atomic E-state index is -1.18. The number of carboxylic acid groups (broad SMARTS) is 1. The minimum absolute atomic E-state index is 0.0748. The van der Waals surface area contributed by atoms with Crippen LogP contribution in [0.4, 0.5) is 10.5 Å². The van der Waals surface area contributed by atoms with Gasteiger partial charge in [0.1, 0.15) is 12.4 Å². The standard InChI is InChI=1S/C17H17IN2O6/c18-13-3-7-15(8-4-13)26-10-9-19(17(22)23)11-16(21)12-1-5-14(6-2-12)20(24)25/h1-8,16,21H,9-11H2,(H,22,23)/t16-/m0/s1. The Bertz CT molecular complexity index is 751. The molecule has 0 aliphatic carbocycles. The van der Waals surface area contributed by atoms with Crippen molar-refractivity contribution in [3.05, 3.63) is 67.8 Å². The van der Waals surface area contributed by atoms with Gasteiger partial charge >= 0.3 is 6.09 Å². The van der Waals surface area contributed by atoms with E-state index in [-0.39, 0.29) is 25.4 Å². The van der Waals surface area contributed by atoms with Crippen molar-refractivity contribution in [2.75, 3.05) is 19.7 Å². The summed E-state index contributed by atoms with van der Waals surface area (Å²) in [7, 11) is 0. The predicted octanol–water partition coefficient (Wildman–Crippen LogP) is 3.29. The number of benzene rings is 2. The number of hydrogen-bond donors (Lipinski definition) is 2. The maximum Gasteiger partial charge on any atom is 0.407 e. The van der Waals surface area contributed by atoms with Gasteiger partial charge in [0.25, 0.3) is 5.69 Å². The van der Waals surface area contributed by atoms with E-state index in [1.54, 1.807) is 12.1 Å². The number of nitrogens with zero attached hydrogens (tertiary/aromatic N) is 2. The molecule has 0 aromatic heterocycles. The third-order valence-electron chi connectivity index (χ3n) is 3.60. The molecule has 1 atom stereocenters. The van der Waals surface area contributed by atoms with Gasteiger partial charge in [0.15, 0.2) is 0 Å². The number of aliphatic hydroxyl groups excluding tert-OH is 1. The van der Waals surface area contributed by atoms with E-state index >= 15 is 0 Å². The lowest BCUT2D eigenvalue weighted by Gasteiger charge is -2.22. The number of aliphatic hydroxyl groups is 1. The number of non-ortho nitro benzene ring substituents is 1. The summed E-state index contributed by atoms with van der Waals surface area (Å²) < 4.78 is 6.57. The first-order valence-corrected chi connectivity index (χ1v) is 8.73. The van der Waals surface area contributed by atoms with Crippen LogP contribution in [-0.4, -0.2) is 45.8 Å². The number of nitro groups is 1. The summed E-state index contributed by atoms with van der Waals surface area (Å²) in [5, 5.41) is 30.1. The number of nitro benzene ring substituents is 1. The van der Waals surface area contributed by atoms with E-state index < -0.39 is 17.1 Å². The van der Waals surface area contributed by atoms with Gasteiger partial charge in [0.05, 0.1) is 24.1 Å². The Labute approximate surface area is 163 Å². The van der Waals surface area contributed by atoms with Crippen LogP contribution in [0.25, 0.3) is 0 Å². The zero-order valence-corrected chi connectivity index (χ0v) is 15.8. The Morgan fingerprint density at radius 2 is 1.81 bits per heavy atom. The van der Waals surface area contributed by atoms with Gasteiger partial charge in [-0.15, -0.1) is 0 Å². The lowest BCUT2D eigenvalue weighted by Crippen LogP contribution is -2.36. The molecule has 0 radical (unpaired) electrons. The van der Waals surface area contributed by atoms with Crippen molar-refractivity contribution >= 4 is 34.4 Å². The van der Waals surface area contributed by atoms with E-state index in [0.29, 0.717) is 11.3 Å². The third kappa shape index (κ3) is 5.85. The van der Waals surface area contributed by atoms with Crippen molar-refractivity contribution in [1.82, 2.24) is 4.90 Å². The highest BCUT2D eigenvalue weighted by atomic mass is 127. The zero-order chi connectivity index (χ0) is 19.1. The molecule has 0 aliphatic heterocycles. The fourth-order valence-electron chi connectivity index (χ4n) is 2.20. The highest BCUT2D eigenvalue weighted by Crippen LogP contribution is 2.19. The molecular formula is C17H17IN2O6. The number of rotatable bonds is 8. The topological polar surface area (TPSA) is 113 Å². The smallest absolute Gasteiger partial charge is 0.407 e. The largest absolute Gasteiger partial charge is 0.492 e. The van der Waals surface area contributed by atoms with Crippen molar-refractivity contribution in [3.63, 3.8) is 0 Å². The van der Waals surface area contributed by atoms with Gasteiger partial charge in [0, 0.05) is 15.7 Å². The fraction of sp³-hybridized carbons (Fsp3) is 0.235. The summed E-state index contributed by atoms with van der Waals surface area (Å²) >= 11 is 2.17. The third-order valence-corrected chi connectivity index (χ3v) is 4.32. The number of halogens is 1.